The first kappa shape index (κ1) is 26.9. The highest BCUT2D eigenvalue weighted by Gasteiger charge is 2.07. The standard InChI is InChI=1S/C29H44N2O2/c1-4-6-8-10-12-14-22-32-27-20-21-28(31-30-26-18-16-25(3)17-19-26)29(24-27)33-23-15-13-11-9-7-5-2/h16-21,24H,4-15,22-23H2,1-3H3. The number of ether oxygens (including phenoxy) is 2. The highest BCUT2D eigenvalue weighted by Crippen LogP contribution is 2.33. The molecule has 182 valence electrons. The molecule has 4 heteroatoms. The van der Waals surface area contributed by atoms with Gasteiger partial charge in [-0.1, -0.05) is 95.8 Å². The van der Waals surface area contributed by atoms with Crippen LogP contribution < -0.4 is 9.47 Å². The molecule has 33 heavy (non-hydrogen) atoms. The van der Waals surface area contributed by atoms with Crippen molar-refractivity contribution in [3.8, 4) is 11.5 Å². The molecule has 0 aliphatic carbocycles. The van der Waals surface area contributed by atoms with Gasteiger partial charge < -0.3 is 9.47 Å². The summed E-state index contributed by atoms with van der Waals surface area (Å²) in [4.78, 5) is 0. The Morgan fingerprint density at radius 2 is 1.18 bits per heavy atom. The third-order valence-electron chi connectivity index (χ3n) is 5.76. The van der Waals surface area contributed by atoms with E-state index in [1.807, 2.05) is 42.5 Å². The van der Waals surface area contributed by atoms with Crippen LogP contribution in [0.3, 0.4) is 0 Å². The molecule has 4 nitrogen and oxygen atoms in total. The number of rotatable bonds is 18. The van der Waals surface area contributed by atoms with Crippen molar-refractivity contribution < 1.29 is 9.47 Å². The molecule has 0 saturated carbocycles. The van der Waals surface area contributed by atoms with Gasteiger partial charge in [-0.25, -0.2) is 0 Å². The van der Waals surface area contributed by atoms with Crippen molar-refractivity contribution in [2.45, 2.75) is 97.8 Å². The Labute approximate surface area is 201 Å². The fourth-order valence-corrected chi connectivity index (χ4v) is 3.64. The van der Waals surface area contributed by atoms with Crippen molar-refractivity contribution in [2.75, 3.05) is 13.2 Å². The van der Waals surface area contributed by atoms with E-state index in [4.69, 9.17) is 9.47 Å². The van der Waals surface area contributed by atoms with Crippen LogP contribution in [0.15, 0.2) is 52.7 Å². The summed E-state index contributed by atoms with van der Waals surface area (Å²) in [6, 6.07) is 13.9. The third-order valence-corrected chi connectivity index (χ3v) is 5.76. The molecule has 0 saturated heterocycles. The monoisotopic (exact) mass is 452 g/mol. The summed E-state index contributed by atoms with van der Waals surface area (Å²) < 4.78 is 12.1. The summed E-state index contributed by atoms with van der Waals surface area (Å²) >= 11 is 0. The van der Waals surface area contributed by atoms with Crippen LogP contribution in [0.25, 0.3) is 0 Å². The lowest BCUT2D eigenvalue weighted by molar-refractivity contribution is 0.290. The Morgan fingerprint density at radius 3 is 1.82 bits per heavy atom. The summed E-state index contributed by atoms with van der Waals surface area (Å²) in [5, 5.41) is 8.87. The van der Waals surface area contributed by atoms with Gasteiger partial charge in [0.25, 0.3) is 0 Å². The Morgan fingerprint density at radius 1 is 0.606 bits per heavy atom. The normalized spacial score (nSPS) is 11.2. The molecular weight excluding hydrogens is 408 g/mol. The SMILES string of the molecule is CCCCCCCCOc1ccc(N=Nc2ccc(C)cc2)c(OCCCCCCCC)c1. The average Bonchev–Trinajstić information content (AvgIpc) is 2.83. The van der Waals surface area contributed by atoms with Crippen LogP contribution in [-0.4, -0.2) is 13.2 Å². The van der Waals surface area contributed by atoms with Crippen LogP contribution in [0.2, 0.25) is 0 Å². The number of azo groups is 1. The largest absolute Gasteiger partial charge is 0.493 e. The number of unbranched alkanes of at least 4 members (excludes halogenated alkanes) is 10. The van der Waals surface area contributed by atoms with Gasteiger partial charge in [0.2, 0.25) is 0 Å². The molecule has 0 unspecified atom stereocenters. The maximum absolute atomic E-state index is 6.13. The highest BCUT2D eigenvalue weighted by molar-refractivity contribution is 5.55. The van der Waals surface area contributed by atoms with Crippen molar-refractivity contribution in [3.63, 3.8) is 0 Å². The Bertz CT molecular complexity index is 787. The minimum absolute atomic E-state index is 0.695. The van der Waals surface area contributed by atoms with Gasteiger partial charge in [-0.15, -0.1) is 5.11 Å². The summed E-state index contributed by atoms with van der Waals surface area (Å²) in [7, 11) is 0. The van der Waals surface area contributed by atoms with Crippen molar-refractivity contribution in [1.82, 2.24) is 0 Å². The summed E-state index contributed by atoms with van der Waals surface area (Å²) in [5.41, 5.74) is 2.79. The molecule has 0 fully saturated rings. The van der Waals surface area contributed by atoms with E-state index in [9.17, 15) is 0 Å². The molecule has 0 aliphatic heterocycles. The molecule has 0 heterocycles. The third kappa shape index (κ3) is 11.9. The second-order valence-corrected chi connectivity index (χ2v) is 8.90. The Balaban J connectivity index is 1.92. The molecule has 0 amide bonds. The maximum Gasteiger partial charge on any atom is 0.150 e. The summed E-state index contributed by atoms with van der Waals surface area (Å²) in [6.45, 7) is 8.00. The van der Waals surface area contributed by atoms with E-state index in [0.29, 0.717) is 6.61 Å². The minimum Gasteiger partial charge on any atom is -0.493 e. The maximum atomic E-state index is 6.13. The van der Waals surface area contributed by atoms with E-state index in [-0.39, 0.29) is 0 Å². The topological polar surface area (TPSA) is 43.2 Å². The minimum atomic E-state index is 0.695. The molecule has 0 aromatic heterocycles. The van der Waals surface area contributed by atoms with Gasteiger partial charge in [-0.2, -0.15) is 5.11 Å². The molecular formula is C29H44N2O2. The molecule has 2 aromatic rings. The number of hydrogen-bond donors (Lipinski definition) is 0. The Kier molecular flexibility index (Phi) is 14.0. The second kappa shape index (κ2) is 17.2. The molecule has 0 aliphatic rings. The lowest BCUT2D eigenvalue weighted by Crippen LogP contribution is -2.00. The second-order valence-electron chi connectivity index (χ2n) is 8.90. The Hall–Kier alpha value is -2.36. The first-order valence-corrected chi connectivity index (χ1v) is 13.1. The van der Waals surface area contributed by atoms with Crippen molar-refractivity contribution in [2.24, 2.45) is 10.2 Å². The zero-order valence-corrected chi connectivity index (χ0v) is 21.2. The molecule has 0 spiro atoms. The van der Waals surface area contributed by atoms with Crippen molar-refractivity contribution >= 4 is 11.4 Å². The average molecular weight is 453 g/mol. The summed E-state index contributed by atoms with van der Waals surface area (Å²) in [5.74, 6) is 1.59. The molecule has 0 radical (unpaired) electrons. The molecule has 0 bridgehead atoms. The fourth-order valence-electron chi connectivity index (χ4n) is 3.64. The molecule has 0 atom stereocenters. The van der Waals surface area contributed by atoms with Gasteiger partial charge >= 0.3 is 0 Å². The fraction of sp³-hybridized carbons (Fsp3) is 0.586. The van der Waals surface area contributed by atoms with E-state index in [1.54, 1.807) is 0 Å². The molecule has 2 rings (SSSR count). The zero-order valence-electron chi connectivity index (χ0n) is 21.2. The summed E-state index contributed by atoms with van der Waals surface area (Å²) in [6.07, 6.45) is 15.0. The number of benzene rings is 2. The zero-order chi connectivity index (χ0) is 23.6. The van der Waals surface area contributed by atoms with E-state index in [0.717, 1.165) is 42.3 Å². The number of aryl methyl sites for hydroxylation is 1. The number of nitrogens with zero attached hydrogens (tertiary/aromatic N) is 2. The van der Waals surface area contributed by atoms with Crippen LogP contribution in [-0.2, 0) is 0 Å². The van der Waals surface area contributed by atoms with Crippen LogP contribution in [0.1, 0.15) is 96.5 Å². The predicted molar refractivity (Wildman–Crippen MR) is 140 cm³/mol. The lowest BCUT2D eigenvalue weighted by Gasteiger charge is -2.12. The van der Waals surface area contributed by atoms with Crippen molar-refractivity contribution in [1.29, 1.82) is 0 Å². The quantitative estimate of drug-likeness (QED) is 0.167. The first-order chi connectivity index (χ1) is 16.2. The van der Waals surface area contributed by atoms with Crippen molar-refractivity contribution in [3.05, 3.63) is 48.0 Å². The van der Waals surface area contributed by atoms with E-state index >= 15 is 0 Å². The number of hydrogen-bond acceptors (Lipinski definition) is 4. The van der Waals surface area contributed by atoms with Gasteiger partial charge in [0.15, 0.2) is 0 Å². The molecule has 2 aromatic carbocycles. The van der Waals surface area contributed by atoms with Gasteiger partial charge in [-0.05, 0) is 44.0 Å². The highest BCUT2D eigenvalue weighted by atomic mass is 16.5. The van der Waals surface area contributed by atoms with Crippen LogP contribution in [0.5, 0.6) is 11.5 Å². The molecule has 0 N–H and O–H groups in total. The van der Waals surface area contributed by atoms with Crippen LogP contribution in [0.4, 0.5) is 11.4 Å². The van der Waals surface area contributed by atoms with E-state index < -0.39 is 0 Å². The lowest BCUT2D eigenvalue weighted by atomic mass is 10.1. The van der Waals surface area contributed by atoms with Crippen LogP contribution >= 0.6 is 0 Å². The van der Waals surface area contributed by atoms with Gasteiger partial charge in [0.05, 0.1) is 18.9 Å². The first-order valence-electron chi connectivity index (χ1n) is 13.1. The van der Waals surface area contributed by atoms with Crippen LogP contribution in [0, 0.1) is 6.92 Å². The smallest absolute Gasteiger partial charge is 0.150 e. The van der Waals surface area contributed by atoms with E-state index in [2.05, 4.69) is 31.0 Å². The predicted octanol–water partition coefficient (Wildman–Crippen LogP) is 9.89. The van der Waals surface area contributed by atoms with E-state index in [1.165, 1.54) is 69.8 Å². The van der Waals surface area contributed by atoms with Gasteiger partial charge in [0.1, 0.15) is 17.2 Å². The van der Waals surface area contributed by atoms with Gasteiger partial charge in [0, 0.05) is 6.07 Å². The van der Waals surface area contributed by atoms with Gasteiger partial charge in [-0.3, -0.25) is 0 Å².